The van der Waals surface area contributed by atoms with Crippen molar-refractivity contribution in [3.63, 3.8) is 0 Å². The minimum Gasteiger partial charge on any atom is -0.356 e. The lowest BCUT2D eigenvalue weighted by Gasteiger charge is -2.28. The molecule has 76 valence electrons. The van der Waals surface area contributed by atoms with Crippen molar-refractivity contribution in [2.24, 2.45) is 0 Å². The van der Waals surface area contributed by atoms with Gasteiger partial charge in [0.15, 0.2) is 12.1 Å². The number of methoxy groups -OCH3 is 1. The van der Waals surface area contributed by atoms with E-state index in [9.17, 15) is 0 Å². The molecule has 0 aliphatic carbocycles. The third kappa shape index (κ3) is 1.86. The Kier molecular flexibility index (Phi) is 2.32. The van der Waals surface area contributed by atoms with E-state index >= 15 is 0 Å². The highest BCUT2D eigenvalue weighted by Gasteiger charge is 2.45. The van der Waals surface area contributed by atoms with Gasteiger partial charge >= 0.3 is 0 Å². The highest BCUT2D eigenvalue weighted by atomic mass is 16.8. The minimum absolute atomic E-state index is 0.0707. The number of ether oxygens (including phenoxy) is 4. The van der Waals surface area contributed by atoms with Crippen molar-refractivity contribution in [3.8, 4) is 0 Å². The normalized spacial score (nSPS) is 43.2. The maximum Gasteiger partial charge on any atom is 0.163 e. The molecule has 2 fully saturated rings. The second-order valence-electron chi connectivity index (χ2n) is 3.95. The molecule has 2 saturated heterocycles. The second kappa shape index (κ2) is 3.20. The molecule has 0 N–H and O–H groups in total. The molecule has 0 aromatic rings. The molecule has 0 bridgehead atoms. The molecule has 0 spiro atoms. The highest BCUT2D eigenvalue weighted by molar-refractivity contribution is 4.85. The third-order valence-corrected chi connectivity index (χ3v) is 2.42. The lowest BCUT2D eigenvalue weighted by Crippen LogP contribution is -2.39. The molecule has 0 saturated carbocycles. The molecule has 3 atom stereocenters. The summed E-state index contributed by atoms with van der Waals surface area (Å²) < 4.78 is 21.9. The molecule has 2 aliphatic heterocycles. The first-order valence-corrected chi connectivity index (χ1v) is 4.61. The summed E-state index contributed by atoms with van der Waals surface area (Å²) in [6, 6.07) is 0. The van der Waals surface area contributed by atoms with Gasteiger partial charge in [-0.05, 0) is 13.8 Å². The van der Waals surface area contributed by atoms with Crippen LogP contribution in [0.15, 0.2) is 0 Å². The van der Waals surface area contributed by atoms with E-state index in [1.54, 1.807) is 7.11 Å². The van der Waals surface area contributed by atoms with E-state index in [1.807, 2.05) is 13.8 Å². The fourth-order valence-corrected chi connectivity index (χ4v) is 1.87. The summed E-state index contributed by atoms with van der Waals surface area (Å²) in [6.07, 6.45) is 0.804. The van der Waals surface area contributed by atoms with Gasteiger partial charge in [0.2, 0.25) is 0 Å². The third-order valence-electron chi connectivity index (χ3n) is 2.42. The van der Waals surface area contributed by atoms with Crippen LogP contribution in [0.2, 0.25) is 0 Å². The largest absolute Gasteiger partial charge is 0.356 e. The molecule has 0 radical (unpaired) electrons. The molecule has 2 aliphatic rings. The number of rotatable bonds is 1. The Hall–Kier alpha value is -0.160. The van der Waals surface area contributed by atoms with Crippen LogP contribution in [-0.4, -0.2) is 38.0 Å². The zero-order chi connectivity index (χ0) is 9.47. The van der Waals surface area contributed by atoms with E-state index in [1.165, 1.54) is 0 Å². The van der Waals surface area contributed by atoms with Crippen molar-refractivity contribution in [2.45, 2.75) is 44.6 Å². The first-order valence-electron chi connectivity index (χ1n) is 4.61. The molecule has 2 rings (SSSR count). The molecule has 4 heteroatoms. The van der Waals surface area contributed by atoms with Gasteiger partial charge < -0.3 is 18.9 Å². The Labute approximate surface area is 78.1 Å². The van der Waals surface area contributed by atoms with E-state index in [4.69, 9.17) is 18.9 Å². The van der Waals surface area contributed by atoms with Crippen LogP contribution in [0, 0.1) is 0 Å². The Morgan fingerprint density at radius 1 is 1.23 bits per heavy atom. The van der Waals surface area contributed by atoms with E-state index in [2.05, 4.69) is 0 Å². The fourth-order valence-electron chi connectivity index (χ4n) is 1.87. The predicted molar refractivity (Wildman–Crippen MR) is 45.2 cm³/mol. The summed E-state index contributed by atoms with van der Waals surface area (Å²) in [4.78, 5) is 0. The summed E-state index contributed by atoms with van der Waals surface area (Å²) in [7, 11) is 1.64. The van der Waals surface area contributed by atoms with Gasteiger partial charge in [0.05, 0.1) is 12.7 Å². The molecule has 1 unspecified atom stereocenters. The van der Waals surface area contributed by atoms with Crippen LogP contribution in [0.1, 0.15) is 20.3 Å². The average Bonchev–Trinajstić information content (AvgIpc) is 2.36. The van der Waals surface area contributed by atoms with Crippen LogP contribution in [0.5, 0.6) is 0 Å². The summed E-state index contributed by atoms with van der Waals surface area (Å²) in [5, 5.41) is 0. The zero-order valence-electron chi connectivity index (χ0n) is 8.28. The van der Waals surface area contributed by atoms with Crippen LogP contribution < -0.4 is 0 Å². The lowest BCUT2D eigenvalue weighted by atomic mass is 10.1. The van der Waals surface area contributed by atoms with Crippen LogP contribution in [0.25, 0.3) is 0 Å². The smallest absolute Gasteiger partial charge is 0.163 e. The number of fused-ring (bicyclic) bond motifs is 1. The maximum atomic E-state index is 5.70. The van der Waals surface area contributed by atoms with Crippen molar-refractivity contribution in [3.05, 3.63) is 0 Å². The number of hydrogen-bond donors (Lipinski definition) is 0. The molecule has 0 aromatic heterocycles. The standard InChI is InChI=1S/C9H16O4/c1-9(2)12-6-4-8(10-3)11-5-7(6)13-9/h6-8H,4-5H2,1-3H3/t6-,7+,8?/m1/s1. The van der Waals surface area contributed by atoms with Crippen molar-refractivity contribution < 1.29 is 18.9 Å². The fraction of sp³-hybridized carbons (Fsp3) is 1.00. The van der Waals surface area contributed by atoms with Gasteiger partial charge in [-0.15, -0.1) is 0 Å². The van der Waals surface area contributed by atoms with E-state index in [0.717, 1.165) is 6.42 Å². The minimum atomic E-state index is -0.471. The van der Waals surface area contributed by atoms with Crippen molar-refractivity contribution in [1.82, 2.24) is 0 Å². The Morgan fingerprint density at radius 2 is 1.92 bits per heavy atom. The second-order valence-corrected chi connectivity index (χ2v) is 3.95. The van der Waals surface area contributed by atoms with Crippen LogP contribution >= 0.6 is 0 Å². The number of hydrogen-bond acceptors (Lipinski definition) is 4. The van der Waals surface area contributed by atoms with Crippen LogP contribution in [0.3, 0.4) is 0 Å². The Morgan fingerprint density at radius 3 is 2.62 bits per heavy atom. The van der Waals surface area contributed by atoms with Crippen LogP contribution in [-0.2, 0) is 18.9 Å². The topological polar surface area (TPSA) is 36.9 Å². The molecule has 0 aromatic carbocycles. The van der Waals surface area contributed by atoms with Gasteiger partial charge in [-0.25, -0.2) is 0 Å². The van der Waals surface area contributed by atoms with Crippen molar-refractivity contribution >= 4 is 0 Å². The van der Waals surface area contributed by atoms with Gasteiger partial charge in [0, 0.05) is 13.5 Å². The Bertz CT molecular complexity index is 192. The molecule has 4 nitrogen and oxygen atoms in total. The lowest BCUT2D eigenvalue weighted by molar-refractivity contribution is -0.183. The molecular weight excluding hydrogens is 172 g/mol. The van der Waals surface area contributed by atoms with Crippen molar-refractivity contribution in [1.29, 1.82) is 0 Å². The SMILES string of the molecule is COC1C[C@H]2OC(C)(C)O[C@H]2CO1. The van der Waals surface area contributed by atoms with Gasteiger partial charge in [-0.1, -0.05) is 0 Å². The van der Waals surface area contributed by atoms with Gasteiger partial charge in [-0.3, -0.25) is 0 Å². The Balaban J connectivity index is 1.98. The monoisotopic (exact) mass is 188 g/mol. The predicted octanol–water partition coefficient (Wildman–Crippen LogP) is 0.899. The maximum absolute atomic E-state index is 5.70. The van der Waals surface area contributed by atoms with E-state index in [-0.39, 0.29) is 18.5 Å². The van der Waals surface area contributed by atoms with Gasteiger partial charge in [0.25, 0.3) is 0 Å². The molecule has 13 heavy (non-hydrogen) atoms. The van der Waals surface area contributed by atoms with E-state index in [0.29, 0.717) is 6.61 Å². The average molecular weight is 188 g/mol. The highest BCUT2D eigenvalue weighted by Crippen LogP contribution is 2.33. The molecule has 2 heterocycles. The molecule has 0 amide bonds. The summed E-state index contributed by atoms with van der Waals surface area (Å²) in [6.45, 7) is 4.41. The zero-order valence-corrected chi connectivity index (χ0v) is 8.28. The van der Waals surface area contributed by atoms with Gasteiger partial charge in [-0.2, -0.15) is 0 Å². The van der Waals surface area contributed by atoms with E-state index < -0.39 is 5.79 Å². The summed E-state index contributed by atoms with van der Waals surface area (Å²) >= 11 is 0. The summed E-state index contributed by atoms with van der Waals surface area (Å²) in [5.41, 5.74) is 0. The van der Waals surface area contributed by atoms with Crippen molar-refractivity contribution in [2.75, 3.05) is 13.7 Å². The quantitative estimate of drug-likeness (QED) is 0.612. The molecular formula is C9H16O4. The van der Waals surface area contributed by atoms with Gasteiger partial charge in [0.1, 0.15) is 6.10 Å². The first kappa shape index (κ1) is 9.40. The first-order chi connectivity index (χ1) is 6.11. The summed E-state index contributed by atoms with van der Waals surface area (Å²) in [5.74, 6) is -0.471. The van der Waals surface area contributed by atoms with Crippen LogP contribution in [0.4, 0.5) is 0 Å².